The Morgan fingerprint density at radius 2 is 1.67 bits per heavy atom. The van der Waals surface area contributed by atoms with E-state index in [1.165, 1.54) is 12.8 Å². The van der Waals surface area contributed by atoms with Crippen molar-refractivity contribution in [1.29, 1.82) is 0 Å². The van der Waals surface area contributed by atoms with Crippen molar-refractivity contribution < 1.29 is 9.53 Å². The number of ether oxygens (including phenoxy) is 1. The molecule has 0 fully saturated rings. The fourth-order valence-electron chi connectivity index (χ4n) is 0.0680. The van der Waals surface area contributed by atoms with Crippen LogP contribution in [0, 0.1) is 0 Å². The van der Waals surface area contributed by atoms with Crippen molar-refractivity contribution in [3.8, 4) is 0 Å². The molecule has 0 aliphatic heterocycles. The molecule has 56 valence electrons. The van der Waals surface area contributed by atoms with E-state index >= 15 is 0 Å². The van der Waals surface area contributed by atoms with Crippen molar-refractivity contribution in [3.05, 3.63) is 0 Å². The first-order valence-electron chi connectivity index (χ1n) is 3.38. The molecule has 0 aromatic carbocycles. The Hall–Kier alpha value is -0.530. The highest BCUT2D eigenvalue weighted by Crippen LogP contribution is 1.76. The molecule has 0 unspecified atom stereocenters. The minimum Gasteiger partial charge on any atom is -0.468 e. The quantitative estimate of drug-likeness (QED) is 0.549. The van der Waals surface area contributed by atoms with Gasteiger partial charge in [0.2, 0.25) is 0 Å². The molecule has 2 nitrogen and oxygen atoms in total. The van der Waals surface area contributed by atoms with Crippen LogP contribution in [-0.2, 0) is 9.53 Å². The highest BCUT2D eigenvalue weighted by atomic mass is 16.5. The first kappa shape index (κ1) is 11.3. The van der Waals surface area contributed by atoms with Crippen molar-refractivity contribution in [3.63, 3.8) is 0 Å². The summed E-state index contributed by atoms with van der Waals surface area (Å²) in [5, 5.41) is 0. The number of hydrogen-bond acceptors (Lipinski definition) is 2. The second-order valence-corrected chi connectivity index (χ2v) is 1.55. The molecule has 0 bridgehead atoms. The second-order valence-electron chi connectivity index (χ2n) is 1.55. The van der Waals surface area contributed by atoms with E-state index in [2.05, 4.69) is 18.6 Å². The molecule has 2 heteroatoms. The van der Waals surface area contributed by atoms with Crippen LogP contribution in [0.3, 0.4) is 0 Å². The Balaban J connectivity index is 0. The SMILES string of the molecule is CCCC.CCOC=O. The van der Waals surface area contributed by atoms with E-state index in [1.807, 2.05) is 0 Å². The Morgan fingerprint density at radius 1 is 1.22 bits per heavy atom. The maximum Gasteiger partial charge on any atom is 0.293 e. The van der Waals surface area contributed by atoms with Crippen LogP contribution in [0.2, 0.25) is 0 Å². The lowest BCUT2D eigenvalue weighted by Crippen LogP contribution is -1.80. The minimum atomic E-state index is 0.431. The van der Waals surface area contributed by atoms with Crippen LogP contribution < -0.4 is 0 Å². The van der Waals surface area contributed by atoms with Gasteiger partial charge in [0.1, 0.15) is 0 Å². The van der Waals surface area contributed by atoms with Crippen LogP contribution in [0.15, 0.2) is 0 Å². The van der Waals surface area contributed by atoms with Crippen molar-refractivity contribution in [2.45, 2.75) is 33.6 Å². The summed E-state index contributed by atoms with van der Waals surface area (Å²) >= 11 is 0. The van der Waals surface area contributed by atoms with E-state index in [1.54, 1.807) is 6.92 Å². The van der Waals surface area contributed by atoms with E-state index in [0.717, 1.165) is 0 Å². The van der Waals surface area contributed by atoms with Crippen LogP contribution in [0.25, 0.3) is 0 Å². The zero-order valence-electron chi connectivity index (χ0n) is 6.52. The third-order valence-corrected chi connectivity index (χ3v) is 0.735. The predicted molar refractivity (Wildman–Crippen MR) is 38.3 cm³/mol. The van der Waals surface area contributed by atoms with Crippen LogP contribution in [0.1, 0.15) is 33.6 Å². The molecule has 0 atom stereocenters. The lowest BCUT2D eigenvalue weighted by Gasteiger charge is -1.79. The predicted octanol–water partition coefficient (Wildman–Crippen LogP) is 1.99. The van der Waals surface area contributed by atoms with Gasteiger partial charge in [-0.15, -0.1) is 0 Å². The first-order valence-corrected chi connectivity index (χ1v) is 3.38. The molecule has 0 amide bonds. The van der Waals surface area contributed by atoms with Crippen LogP contribution in [0.5, 0.6) is 0 Å². The van der Waals surface area contributed by atoms with Crippen LogP contribution in [-0.4, -0.2) is 13.1 Å². The molecule has 0 radical (unpaired) electrons. The third kappa shape index (κ3) is 36.6. The summed E-state index contributed by atoms with van der Waals surface area (Å²) in [4.78, 5) is 9.18. The van der Waals surface area contributed by atoms with Gasteiger partial charge in [-0.25, -0.2) is 0 Å². The van der Waals surface area contributed by atoms with Crippen molar-refractivity contribution in [2.75, 3.05) is 6.61 Å². The molecule has 0 spiro atoms. The monoisotopic (exact) mass is 132 g/mol. The standard InChI is InChI=1S/C4H10.C3H6O2/c1-3-4-2;1-2-5-3-4/h3-4H2,1-2H3;3H,2H2,1H3. The summed E-state index contributed by atoms with van der Waals surface area (Å²) in [6.07, 6.45) is 2.64. The molecule has 0 aromatic heterocycles. The van der Waals surface area contributed by atoms with Crippen LogP contribution in [0.4, 0.5) is 0 Å². The summed E-state index contributed by atoms with van der Waals surface area (Å²) in [6, 6.07) is 0. The van der Waals surface area contributed by atoms with E-state index < -0.39 is 0 Å². The Kier molecular flexibility index (Phi) is 19.6. The summed E-state index contributed by atoms with van der Waals surface area (Å²) in [7, 11) is 0. The maximum atomic E-state index is 9.18. The van der Waals surface area contributed by atoms with Gasteiger partial charge in [-0.1, -0.05) is 26.7 Å². The number of carbonyl (C=O) groups excluding carboxylic acids is 1. The van der Waals surface area contributed by atoms with Gasteiger partial charge in [0.25, 0.3) is 6.47 Å². The topological polar surface area (TPSA) is 26.3 Å². The number of carbonyl (C=O) groups is 1. The van der Waals surface area contributed by atoms with Gasteiger partial charge in [-0.2, -0.15) is 0 Å². The van der Waals surface area contributed by atoms with Gasteiger partial charge in [-0.3, -0.25) is 4.79 Å². The van der Waals surface area contributed by atoms with Gasteiger partial charge < -0.3 is 4.74 Å². The van der Waals surface area contributed by atoms with Gasteiger partial charge in [0, 0.05) is 0 Å². The second kappa shape index (κ2) is 15.6. The largest absolute Gasteiger partial charge is 0.468 e. The molecule has 0 aliphatic rings. The summed E-state index contributed by atoms with van der Waals surface area (Å²) < 4.78 is 4.15. The van der Waals surface area contributed by atoms with Gasteiger partial charge in [0.15, 0.2) is 0 Å². The zero-order chi connectivity index (χ0) is 7.54. The van der Waals surface area contributed by atoms with Gasteiger partial charge >= 0.3 is 0 Å². The number of hydrogen-bond donors (Lipinski definition) is 0. The Bertz CT molecular complexity index is 42.2. The molecule has 0 saturated carbocycles. The Labute approximate surface area is 57.2 Å². The first-order chi connectivity index (χ1) is 4.33. The average molecular weight is 132 g/mol. The fraction of sp³-hybridized carbons (Fsp3) is 0.857. The molecule has 0 rings (SSSR count). The summed E-state index contributed by atoms with van der Waals surface area (Å²) in [5.41, 5.74) is 0. The maximum absolute atomic E-state index is 9.18. The molecule has 0 N–H and O–H groups in total. The zero-order valence-corrected chi connectivity index (χ0v) is 6.52. The molecule has 0 saturated heterocycles. The fourth-order valence-corrected chi connectivity index (χ4v) is 0.0680. The highest BCUT2D eigenvalue weighted by molar-refractivity contribution is 5.36. The van der Waals surface area contributed by atoms with Gasteiger partial charge in [0.05, 0.1) is 6.61 Å². The molecule has 9 heavy (non-hydrogen) atoms. The molecular weight excluding hydrogens is 116 g/mol. The van der Waals surface area contributed by atoms with E-state index in [-0.39, 0.29) is 0 Å². The van der Waals surface area contributed by atoms with E-state index in [9.17, 15) is 4.79 Å². The molecule has 0 aromatic rings. The normalized spacial score (nSPS) is 7.00. The average Bonchev–Trinajstić information content (AvgIpc) is 1.91. The van der Waals surface area contributed by atoms with E-state index in [4.69, 9.17) is 0 Å². The lowest BCUT2D eigenvalue weighted by atomic mass is 10.4. The third-order valence-electron chi connectivity index (χ3n) is 0.735. The molecular formula is C7H16O2. The van der Waals surface area contributed by atoms with Crippen LogP contribution >= 0.6 is 0 Å². The minimum absolute atomic E-state index is 0.431. The number of unbranched alkanes of at least 4 members (excludes halogenated alkanes) is 1. The molecule has 0 heterocycles. The van der Waals surface area contributed by atoms with Crippen molar-refractivity contribution in [2.24, 2.45) is 0 Å². The molecule has 0 aliphatic carbocycles. The smallest absolute Gasteiger partial charge is 0.293 e. The summed E-state index contributed by atoms with van der Waals surface area (Å²) in [5.74, 6) is 0. The van der Waals surface area contributed by atoms with Crippen molar-refractivity contribution >= 4 is 6.47 Å². The van der Waals surface area contributed by atoms with Crippen molar-refractivity contribution in [1.82, 2.24) is 0 Å². The van der Waals surface area contributed by atoms with Gasteiger partial charge in [-0.05, 0) is 6.92 Å². The van der Waals surface area contributed by atoms with E-state index in [0.29, 0.717) is 13.1 Å². The number of rotatable bonds is 3. The summed E-state index contributed by atoms with van der Waals surface area (Å²) in [6.45, 7) is 7.03. The highest BCUT2D eigenvalue weighted by Gasteiger charge is 1.60. The lowest BCUT2D eigenvalue weighted by molar-refractivity contribution is -0.128. The Morgan fingerprint density at radius 3 is 1.67 bits per heavy atom.